The highest BCUT2D eigenvalue weighted by Gasteiger charge is 2.13. The minimum atomic E-state index is 1.13. The van der Waals surface area contributed by atoms with Crippen molar-refractivity contribution in [2.45, 2.75) is 81.6 Å². The van der Waals surface area contributed by atoms with Crippen molar-refractivity contribution in [3.8, 4) is 0 Å². The molecule has 1 heterocycles. The molecule has 1 fully saturated rings. The van der Waals surface area contributed by atoms with Gasteiger partial charge in [-0.15, -0.1) is 0 Å². The zero-order valence-electron chi connectivity index (χ0n) is 19.2. The molecule has 0 saturated carbocycles. The van der Waals surface area contributed by atoms with E-state index in [1.165, 1.54) is 37.2 Å². The molecule has 1 aromatic rings. The maximum absolute atomic E-state index is 2.47. The van der Waals surface area contributed by atoms with Crippen LogP contribution in [0.15, 0.2) is 24.3 Å². The lowest BCUT2D eigenvalue weighted by atomic mass is 10.1. The van der Waals surface area contributed by atoms with Crippen LogP contribution in [0.25, 0.3) is 0 Å². The van der Waals surface area contributed by atoms with E-state index in [2.05, 4.69) is 61.9 Å². The van der Waals surface area contributed by atoms with E-state index in [1.54, 1.807) is 0 Å². The number of nitrogens with zero attached hydrogens (tertiary/aromatic N) is 2. The van der Waals surface area contributed by atoms with Crippen LogP contribution in [-0.2, 0) is 6.42 Å². The molecule has 0 amide bonds. The van der Waals surface area contributed by atoms with E-state index in [0.29, 0.717) is 0 Å². The summed E-state index contributed by atoms with van der Waals surface area (Å²) in [5.41, 5.74) is 2.80. The highest BCUT2D eigenvalue weighted by Crippen LogP contribution is 2.17. The van der Waals surface area contributed by atoms with Crippen LogP contribution in [-0.4, -0.2) is 38.1 Å². The van der Waals surface area contributed by atoms with Gasteiger partial charge in [-0.3, -0.25) is 0 Å². The van der Waals surface area contributed by atoms with E-state index in [-0.39, 0.29) is 0 Å². The summed E-state index contributed by atoms with van der Waals surface area (Å²) in [5.74, 6) is 0. The third-order valence-electron chi connectivity index (χ3n) is 3.71. The van der Waals surface area contributed by atoms with Crippen molar-refractivity contribution in [1.29, 1.82) is 0 Å². The van der Waals surface area contributed by atoms with Crippen LogP contribution in [0.5, 0.6) is 0 Å². The fraction of sp³-hybridized carbons (Fsp3) is 0.739. The predicted molar refractivity (Wildman–Crippen MR) is 120 cm³/mol. The zero-order valence-corrected chi connectivity index (χ0v) is 19.2. The normalized spacial score (nSPS) is 12.8. The first-order valence-corrected chi connectivity index (χ1v) is 10.7. The SMILES string of the molecule is CC.CC.CC.CCCC.CCc1ccc(N2CCN(C)CC2)cc1. The quantitative estimate of drug-likeness (QED) is 0.584. The zero-order chi connectivity index (χ0) is 20.1. The largest absolute Gasteiger partial charge is 0.369 e. The Bertz CT molecular complexity index is 322. The number of likely N-dealkylation sites (N-methyl/N-ethyl adjacent to an activating group) is 1. The molecule has 0 bridgehead atoms. The van der Waals surface area contributed by atoms with Crippen molar-refractivity contribution in [3.63, 3.8) is 0 Å². The summed E-state index contributed by atoms with van der Waals surface area (Å²) in [6.07, 6.45) is 3.77. The Labute approximate surface area is 160 Å². The van der Waals surface area contributed by atoms with Crippen molar-refractivity contribution in [3.05, 3.63) is 29.8 Å². The lowest BCUT2D eigenvalue weighted by molar-refractivity contribution is 0.313. The summed E-state index contributed by atoms with van der Waals surface area (Å²) in [4.78, 5) is 4.86. The number of aryl methyl sites for hydroxylation is 1. The lowest BCUT2D eigenvalue weighted by Gasteiger charge is -2.34. The van der Waals surface area contributed by atoms with E-state index < -0.39 is 0 Å². The topological polar surface area (TPSA) is 6.48 Å². The van der Waals surface area contributed by atoms with Crippen LogP contribution >= 0.6 is 0 Å². The number of benzene rings is 1. The van der Waals surface area contributed by atoms with E-state index in [9.17, 15) is 0 Å². The Balaban J connectivity index is -0.000000412. The molecule has 0 atom stereocenters. The molecule has 0 aliphatic carbocycles. The molecular formula is C23H48N2. The average Bonchev–Trinajstić information content (AvgIpc) is 2.73. The summed E-state index contributed by atoms with van der Waals surface area (Å²) < 4.78 is 0. The highest BCUT2D eigenvalue weighted by molar-refractivity contribution is 5.48. The first-order valence-electron chi connectivity index (χ1n) is 10.7. The maximum Gasteiger partial charge on any atom is 0.0367 e. The molecule has 0 unspecified atom stereocenters. The van der Waals surface area contributed by atoms with Crippen LogP contribution in [0.4, 0.5) is 5.69 Å². The second-order valence-corrected chi connectivity index (χ2v) is 5.31. The predicted octanol–water partition coefficient (Wildman–Crippen LogP) is 6.89. The van der Waals surface area contributed by atoms with Crippen molar-refractivity contribution in [2.75, 3.05) is 38.1 Å². The summed E-state index contributed by atoms with van der Waals surface area (Å²) in [6.45, 7) is 23.2. The Morgan fingerprint density at radius 3 is 1.40 bits per heavy atom. The van der Waals surface area contributed by atoms with E-state index in [4.69, 9.17) is 0 Å². The molecule has 1 aliphatic heterocycles. The van der Waals surface area contributed by atoms with Crippen LogP contribution in [0.2, 0.25) is 0 Å². The number of hydrogen-bond acceptors (Lipinski definition) is 2. The molecule has 2 nitrogen and oxygen atoms in total. The highest BCUT2D eigenvalue weighted by atomic mass is 15.2. The lowest BCUT2D eigenvalue weighted by Crippen LogP contribution is -2.44. The smallest absolute Gasteiger partial charge is 0.0367 e. The average molecular weight is 353 g/mol. The van der Waals surface area contributed by atoms with Crippen LogP contribution in [0, 0.1) is 0 Å². The van der Waals surface area contributed by atoms with Gasteiger partial charge in [0.15, 0.2) is 0 Å². The van der Waals surface area contributed by atoms with Crippen molar-refractivity contribution < 1.29 is 0 Å². The second kappa shape index (κ2) is 23.0. The van der Waals surface area contributed by atoms with Gasteiger partial charge < -0.3 is 9.80 Å². The van der Waals surface area contributed by atoms with Gasteiger partial charge in [-0.25, -0.2) is 0 Å². The van der Waals surface area contributed by atoms with Crippen molar-refractivity contribution in [1.82, 2.24) is 4.90 Å². The van der Waals surface area contributed by atoms with Gasteiger partial charge in [-0.2, -0.15) is 0 Å². The Morgan fingerprint density at radius 2 is 1.08 bits per heavy atom. The molecule has 0 radical (unpaired) electrons. The Hall–Kier alpha value is -1.02. The minimum Gasteiger partial charge on any atom is -0.369 e. The van der Waals surface area contributed by atoms with Gasteiger partial charge in [0.2, 0.25) is 0 Å². The third-order valence-corrected chi connectivity index (χ3v) is 3.71. The minimum absolute atomic E-state index is 1.13. The third kappa shape index (κ3) is 15.0. The van der Waals surface area contributed by atoms with Gasteiger partial charge in [0, 0.05) is 31.9 Å². The monoisotopic (exact) mass is 352 g/mol. The van der Waals surface area contributed by atoms with Gasteiger partial charge in [-0.1, -0.05) is 87.3 Å². The first-order chi connectivity index (χ1) is 12.2. The van der Waals surface area contributed by atoms with Gasteiger partial charge >= 0.3 is 0 Å². The van der Waals surface area contributed by atoms with E-state index in [1.807, 2.05) is 41.5 Å². The summed E-state index contributed by atoms with van der Waals surface area (Å²) in [5, 5.41) is 0. The first kappa shape index (κ1) is 28.8. The number of unbranched alkanes of at least 4 members (excludes halogenated alkanes) is 1. The molecule has 25 heavy (non-hydrogen) atoms. The number of hydrogen-bond donors (Lipinski definition) is 0. The Kier molecular flexibility index (Phi) is 26.4. The van der Waals surface area contributed by atoms with Gasteiger partial charge in [0.05, 0.1) is 0 Å². The summed E-state index contributed by atoms with van der Waals surface area (Å²) in [6, 6.07) is 9.00. The molecule has 1 saturated heterocycles. The molecule has 0 spiro atoms. The number of anilines is 1. The van der Waals surface area contributed by atoms with Gasteiger partial charge in [0.25, 0.3) is 0 Å². The van der Waals surface area contributed by atoms with E-state index >= 15 is 0 Å². The fourth-order valence-electron chi connectivity index (χ4n) is 2.01. The summed E-state index contributed by atoms with van der Waals surface area (Å²) in [7, 11) is 2.19. The van der Waals surface area contributed by atoms with Gasteiger partial charge in [-0.05, 0) is 31.2 Å². The Morgan fingerprint density at radius 1 is 0.680 bits per heavy atom. The molecule has 0 aromatic heterocycles. The molecule has 1 aliphatic rings. The molecular weight excluding hydrogens is 304 g/mol. The number of piperazine rings is 1. The van der Waals surface area contributed by atoms with Crippen LogP contribution in [0.1, 0.15) is 80.7 Å². The van der Waals surface area contributed by atoms with Crippen LogP contribution in [0.3, 0.4) is 0 Å². The molecule has 1 aromatic carbocycles. The second-order valence-electron chi connectivity index (χ2n) is 5.31. The molecule has 0 N–H and O–H groups in total. The van der Waals surface area contributed by atoms with Gasteiger partial charge in [0.1, 0.15) is 0 Å². The van der Waals surface area contributed by atoms with Crippen molar-refractivity contribution >= 4 is 5.69 Å². The molecule has 2 rings (SSSR count). The maximum atomic E-state index is 2.47. The van der Waals surface area contributed by atoms with Crippen molar-refractivity contribution in [2.24, 2.45) is 0 Å². The van der Waals surface area contributed by atoms with Crippen LogP contribution < -0.4 is 4.90 Å². The fourth-order valence-corrected chi connectivity index (χ4v) is 2.01. The number of rotatable bonds is 3. The van der Waals surface area contributed by atoms with E-state index in [0.717, 1.165) is 19.5 Å². The summed E-state index contributed by atoms with van der Waals surface area (Å²) >= 11 is 0. The molecule has 2 heteroatoms. The molecule has 150 valence electrons. The standard InChI is InChI=1S/C13H20N2.C4H10.3C2H6/c1-3-12-4-6-13(7-5-12)15-10-8-14(2)9-11-15;1-3-4-2;3*1-2/h4-7H,3,8-11H2,1-2H3;3-4H2,1-2H3;3*1-2H3.